The van der Waals surface area contributed by atoms with E-state index in [1.54, 1.807) is 30.3 Å². The monoisotopic (exact) mass is 351 g/mol. The van der Waals surface area contributed by atoms with Gasteiger partial charge in [-0.05, 0) is 30.7 Å². The molecular formula is C17H21NO5S. The summed E-state index contributed by atoms with van der Waals surface area (Å²) >= 11 is 0. The van der Waals surface area contributed by atoms with Crippen molar-refractivity contribution in [3.63, 3.8) is 0 Å². The molecule has 2 rings (SSSR count). The maximum atomic E-state index is 12.6. The van der Waals surface area contributed by atoms with E-state index in [1.807, 2.05) is 6.92 Å². The number of para-hydroxylation sites is 2. The number of sulfonamides is 1. The van der Waals surface area contributed by atoms with Gasteiger partial charge in [-0.1, -0.05) is 19.1 Å². The minimum absolute atomic E-state index is 0.0745. The topological polar surface area (TPSA) is 73.9 Å². The predicted octanol–water partition coefficient (Wildman–Crippen LogP) is 3.29. The summed E-state index contributed by atoms with van der Waals surface area (Å²) in [5.41, 5.74) is 0.390. The van der Waals surface area contributed by atoms with E-state index in [0.29, 0.717) is 29.5 Å². The van der Waals surface area contributed by atoms with Crippen LogP contribution in [-0.2, 0) is 10.0 Å². The second-order valence-corrected chi connectivity index (χ2v) is 6.65. The van der Waals surface area contributed by atoms with Crippen LogP contribution in [0.5, 0.6) is 17.2 Å². The van der Waals surface area contributed by atoms with Crippen molar-refractivity contribution in [3.8, 4) is 17.2 Å². The van der Waals surface area contributed by atoms with E-state index in [1.165, 1.54) is 26.4 Å². The number of methoxy groups -OCH3 is 2. The average molecular weight is 351 g/mol. The fourth-order valence-corrected chi connectivity index (χ4v) is 3.16. The molecule has 0 spiro atoms. The molecule has 0 bridgehead atoms. The number of hydrogen-bond donors (Lipinski definition) is 1. The van der Waals surface area contributed by atoms with Crippen molar-refractivity contribution in [2.45, 2.75) is 18.2 Å². The van der Waals surface area contributed by atoms with Gasteiger partial charge < -0.3 is 14.2 Å². The Morgan fingerprint density at radius 2 is 1.67 bits per heavy atom. The highest BCUT2D eigenvalue weighted by Crippen LogP contribution is 2.31. The first-order chi connectivity index (χ1) is 11.5. The van der Waals surface area contributed by atoms with Gasteiger partial charge in [-0.3, -0.25) is 4.72 Å². The highest BCUT2D eigenvalue weighted by molar-refractivity contribution is 7.92. The normalized spacial score (nSPS) is 11.0. The van der Waals surface area contributed by atoms with Crippen LogP contribution in [0.2, 0.25) is 0 Å². The maximum absolute atomic E-state index is 12.6. The molecule has 7 heteroatoms. The standard InChI is InChI=1S/C17H21NO5S/c1-4-11-23-15-8-6-5-7-14(15)18-24(19,20)13-9-10-16(21-2)17(12-13)22-3/h5-10,12,18H,4,11H2,1-3H3. The Hall–Kier alpha value is -2.41. The molecule has 0 aliphatic rings. The molecule has 0 saturated heterocycles. The lowest BCUT2D eigenvalue weighted by Crippen LogP contribution is -2.14. The van der Waals surface area contributed by atoms with E-state index in [0.717, 1.165) is 6.42 Å². The third-order valence-electron chi connectivity index (χ3n) is 3.26. The number of hydrogen-bond acceptors (Lipinski definition) is 5. The Labute approximate surface area is 142 Å². The van der Waals surface area contributed by atoms with Crippen LogP contribution in [0, 0.1) is 0 Å². The molecule has 0 unspecified atom stereocenters. The van der Waals surface area contributed by atoms with E-state index in [-0.39, 0.29) is 4.90 Å². The molecule has 6 nitrogen and oxygen atoms in total. The third-order valence-corrected chi connectivity index (χ3v) is 4.62. The fraction of sp³-hybridized carbons (Fsp3) is 0.294. The number of benzene rings is 2. The zero-order valence-electron chi connectivity index (χ0n) is 13.9. The van der Waals surface area contributed by atoms with E-state index >= 15 is 0 Å². The number of anilines is 1. The minimum Gasteiger partial charge on any atom is -0.493 e. The van der Waals surface area contributed by atoms with Crippen molar-refractivity contribution >= 4 is 15.7 Å². The molecule has 24 heavy (non-hydrogen) atoms. The van der Waals surface area contributed by atoms with Crippen LogP contribution in [0.25, 0.3) is 0 Å². The molecule has 0 amide bonds. The molecular weight excluding hydrogens is 330 g/mol. The summed E-state index contributed by atoms with van der Waals surface area (Å²) in [5, 5.41) is 0. The lowest BCUT2D eigenvalue weighted by Gasteiger charge is -2.14. The molecule has 2 aromatic carbocycles. The summed E-state index contributed by atoms with van der Waals surface area (Å²) in [6, 6.07) is 11.3. The largest absolute Gasteiger partial charge is 0.493 e. The van der Waals surface area contributed by atoms with Gasteiger partial charge in [-0.25, -0.2) is 8.42 Å². The first-order valence-corrected chi connectivity index (χ1v) is 8.96. The van der Waals surface area contributed by atoms with Gasteiger partial charge in [0.05, 0.1) is 31.4 Å². The second kappa shape index (κ2) is 7.92. The summed E-state index contributed by atoms with van der Waals surface area (Å²) in [6.07, 6.45) is 0.830. The maximum Gasteiger partial charge on any atom is 0.262 e. The van der Waals surface area contributed by atoms with Gasteiger partial charge in [-0.2, -0.15) is 0 Å². The van der Waals surface area contributed by atoms with Gasteiger partial charge in [0.15, 0.2) is 11.5 Å². The lowest BCUT2D eigenvalue weighted by atomic mass is 10.3. The summed E-state index contributed by atoms with van der Waals surface area (Å²) < 4.78 is 43.7. The highest BCUT2D eigenvalue weighted by Gasteiger charge is 2.19. The zero-order valence-corrected chi connectivity index (χ0v) is 14.7. The smallest absolute Gasteiger partial charge is 0.262 e. The van der Waals surface area contributed by atoms with Crippen LogP contribution in [0.3, 0.4) is 0 Å². The minimum atomic E-state index is -3.78. The van der Waals surface area contributed by atoms with E-state index in [2.05, 4.69) is 4.72 Å². The molecule has 0 atom stereocenters. The van der Waals surface area contributed by atoms with Crippen LogP contribution in [0.15, 0.2) is 47.4 Å². The zero-order chi connectivity index (χ0) is 17.6. The van der Waals surface area contributed by atoms with Crippen molar-refractivity contribution in [1.29, 1.82) is 0 Å². The summed E-state index contributed by atoms with van der Waals surface area (Å²) in [4.78, 5) is 0.0745. The van der Waals surface area contributed by atoms with Crippen molar-refractivity contribution < 1.29 is 22.6 Å². The van der Waals surface area contributed by atoms with Gasteiger partial charge in [0.25, 0.3) is 10.0 Å². The first kappa shape index (κ1) is 17.9. The second-order valence-electron chi connectivity index (χ2n) is 4.97. The van der Waals surface area contributed by atoms with Gasteiger partial charge in [0, 0.05) is 6.07 Å². The molecule has 0 aromatic heterocycles. The Bertz CT molecular complexity index is 789. The van der Waals surface area contributed by atoms with Crippen molar-refractivity contribution in [2.24, 2.45) is 0 Å². The van der Waals surface area contributed by atoms with Crippen LogP contribution >= 0.6 is 0 Å². The van der Waals surface area contributed by atoms with E-state index in [9.17, 15) is 8.42 Å². The molecule has 1 N–H and O–H groups in total. The number of ether oxygens (including phenoxy) is 3. The molecule has 0 radical (unpaired) electrons. The molecule has 0 aliphatic carbocycles. The van der Waals surface area contributed by atoms with Crippen LogP contribution in [-0.4, -0.2) is 29.2 Å². The van der Waals surface area contributed by atoms with Gasteiger partial charge in [0.1, 0.15) is 5.75 Å². The van der Waals surface area contributed by atoms with Crippen molar-refractivity contribution in [1.82, 2.24) is 0 Å². The number of rotatable bonds is 8. The van der Waals surface area contributed by atoms with Crippen molar-refractivity contribution in [2.75, 3.05) is 25.5 Å². The fourth-order valence-electron chi connectivity index (χ4n) is 2.08. The van der Waals surface area contributed by atoms with E-state index in [4.69, 9.17) is 14.2 Å². The molecule has 0 heterocycles. The molecule has 0 aliphatic heterocycles. The molecule has 0 fully saturated rings. The summed E-state index contributed by atoms with van der Waals surface area (Å²) in [5.74, 6) is 1.29. The summed E-state index contributed by atoms with van der Waals surface area (Å²) in [7, 11) is -0.838. The Balaban J connectivity index is 2.32. The Kier molecular flexibility index (Phi) is 5.92. The Morgan fingerprint density at radius 3 is 2.33 bits per heavy atom. The number of nitrogens with one attached hydrogen (secondary N) is 1. The SMILES string of the molecule is CCCOc1ccccc1NS(=O)(=O)c1ccc(OC)c(OC)c1. The van der Waals surface area contributed by atoms with Crippen LogP contribution in [0.4, 0.5) is 5.69 Å². The van der Waals surface area contributed by atoms with Crippen LogP contribution in [0.1, 0.15) is 13.3 Å². The van der Waals surface area contributed by atoms with Crippen molar-refractivity contribution in [3.05, 3.63) is 42.5 Å². The lowest BCUT2D eigenvalue weighted by molar-refractivity contribution is 0.319. The first-order valence-electron chi connectivity index (χ1n) is 7.48. The van der Waals surface area contributed by atoms with Crippen LogP contribution < -0.4 is 18.9 Å². The highest BCUT2D eigenvalue weighted by atomic mass is 32.2. The van der Waals surface area contributed by atoms with Gasteiger partial charge in [-0.15, -0.1) is 0 Å². The summed E-state index contributed by atoms with van der Waals surface area (Å²) in [6.45, 7) is 2.49. The van der Waals surface area contributed by atoms with Gasteiger partial charge in [0.2, 0.25) is 0 Å². The molecule has 2 aromatic rings. The van der Waals surface area contributed by atoms with Gasteiger partial charge >= 0.3 is 0 Å². The Morgan fingerprint density at radius 1 is 0.958 bits per heavy atom. The molecule has 130 valence electrons. The van der Waals surface area contributed by atoms with E-state index < -0.39 is 10.0 Å². The quantitative estimate of drug-likeness (QED) is 0.790. The molecule has 0 saturated carbocycles. The predicted molar refractivity (Wildman–Crippen MR) is 92.6 cm³/mol. The third kappa shape index (κ3) is 4.11. The average Bonchev–Trinajstić information content (AvgIpc) is 2.60.